The molecule has 0 aliphatic rings. The van der Waals surface area contributed by atoms with E-state index in [1.807, 2.05) is 12.1 Å². The van der Waals surface area contributed by atoms with Crippen molar-refractivity contribution in [2.24, 2.45) is 0 Å². The molecule has 2 unspecified atom stereocenters. The van der Waals surface area contributed by atoms with E-state index in [0.29, 0.717) is 12.2 Å². The molecular weight excluding hydrogens is 480 g/mol. The van der Waals surface area contributed by atoms with E-state index in [0.717, 1.165) is 41.9 Å². The third-order valence-corrected chi connectivity index (χ3v) is 7.45. The molecule has 2 atom stereocenters. The first-order valence-electron chi connectivity index (χ1n) is 15.3. The molecule has 3 aromatic carbocycles. The molecule has 0 spiro atoms. The van der Waals surface area contributed by atoms with Gasteiger partial charge in [-0.3, -0.25) is 0 Å². The average molecular weight is 531 g/mol. The van der Waals surface area contributed by atoms with Gasteiger partial charge in [-0.05, 0) is 74.4 Å². The highest BCUT2D eigenvalue weighted by molar-refractivity contribution is 5.41. The van der Waals surface area contributed by atoms with Crippen LogP contribution in [-0.2, 0) is 25.7 Å². The van der Waals surface area contributed by atoms with Crippen LogP contribution in [0.15, 0.2) is 66.7 Å². The van der Waals surface area contributed by atoms with Crippen LogP contribution in [0.5, 0.6) is 17.2 Å². The lowest BCUT2D eigenvalue weighted by Crippen LogP contribution is -2.20. The van der Waals surface area contributed by atoms with E-state index in [4.69, 9.17) is 9.47 Å². The summed E-state index contributed by atoms with van der Waals surface area (Å²) in [5, 5.41) is 10.8. The molecule has 3 rings (SSSR count). The smallest absolute Gasteiger partial charge is 0.122 e. The number of aromatic hydroxyl groups is 1. The third-order valence-electron chi connectivity index (χ3n) is 7.45. The SMILES string of the molecule is CCCCCCc1ccccc1OC(C)Cc1cccc(O)c1CC(C)Oc1ccccc1CCCCCC. The van der Waals surface area contributed by atoms with Crippen LogP contribution in [0.4, 0.5) is 0 Å². The molecule has 212 valence electrons. The van der Waals surface area contributed by atoms with Crippen LogP contribution in [0.25, 0.3) is 0 Å². The van der Waals surface area contributed by atoms with E-state index in [2.05, 4.69) is 76.2 Å². The molecule has 0 aromatic heterocycles. The van der Waals surface area contributed by atoms with Gasteiger partial charge in [-0.25, -0.2) is 0 Å². The van der Waals surface area contributed by atoms with Gasteiger partial charge in [0.25, 0.3) is 0 Å². The van der Waals surface area contributed by atoms with Gasteiger partial charge >= 0.3 is 0 Å². The summed E-state index contributed by atoms with van der Waals surface area (Å²) in [5.41, 5.74) is 4.63. The molecule has 3 aromatic rings. The van der Waals surface area contributed by atoms with Gasteiger partial charge in [-0.1, -0.05) is 101 Å². The first-order valence-corrected chi connectivity index (χ1v) is 15.3. The molecule has 0 aliphatic carbocycles. The predicted octanol–water partition coefficient (Wildman–Crippen LogP) is 9.66. The monoisotopic (exact) mass is 530 g/mol. The summed E-state index contributed by atoms with van der Waals surface area (Å²) in [5.74, 6) is 2.28. The summed E-state index contributed by atoms with van der Waals surface area (Å²) in [6.07, 6.45) is 13.3. The number of aryl methyl sites for hydroxylation is 2. The highest BCUT2D eigenvalue weighted by atomic mass is 16.5. The second-order valence-electron chi connectivity index (χ2n) is 11.0. The quantitative estimate of drug-likeness (QED) is 0.166. The number of hydrogen-bond acceptors (Lipinski definition) is 3. The first-order chi connectivity index (χ1) is 19.0. The van der Waals surface area contributed by atoms with Gasteiger partial charge in [0.1, 0.15) is 23.4 Å². The number of rotatable bonds is 18. The third kappa shape index (κ3) is 10.3. The maximum atomic E-state index is 10.8. The van der Waals surface area contributed by atoms with Crippen molar-refractivity contribution in [1.82, 2.24) is 0 Å². The number of ether oxygens (including phenoxy) is 2. The molecule has 0 bridgehead atoms. The maximum Gasteiger partial charge on any atom is 0.122 e. The standard InChI is InChI=1S/C36H50O3/c1-5-7-9-11-18-30-20-13-15-24-35(30)38-28(3)26-32-22-17-23-34(37)33(32)27-29(4)39-36-25-16-14-21-31(36)19-12-10-8-6-2/h13-17,20-25,28-29,37H,5-12,18-19,26-27H2,1-4H3. The Balaban J connectivity index is 1.64. The highest BCUT2D eigenvalue weighted by Crippen LogP contribution is 2.29. The topological polar surface area (TPSA) is 38.7 Å². The summed E-state index contributed by atoms with van der Waals surface area (Å²) >= 11 is 0. The van der Waals surface area contributed by atoms with Crippen LogP contribution < -0.4 is 9.47 Å². The van der Waals surface area contributed by atoms with Crippen LogP contribution >= 0.6 is 0 Å². The van der Waals surface area contributed by atoms with E-state index in [9.17, 15) is 5.11 Å². The number of phenolic OH excluding ortho intramolecular Hbond substituents is 1. The Kier molecular flexibility index (Phi) is 13.3. The molecule has 1 N–H and O–H groups in total. The van der Waals surface area contributed by atoms with Crippen LogP contribution in [-0.4, -0.2) is 17.3 Å². The number of unbranched alkanes of at least 4 members (excludes halogenated alkanes) is 6. The predicted molar refractivity (Wildman–Crippen MR) is 164 cm³/mol. The molecular formula is C36H50O3. The van der Waals surface area contributed by atoms with Crippen LogP contribution in [0.2, 0.25) is 0 Å². The molecule has 3 heteroatoms. The summed E-state index contributed by atoms with van der Waals surface area (Å²) in [7, 11) is 0. The number of para-hydroxylation sites is 2. The maximum absolute atomic E-state index is 10.8. The zero-order valence-electron chi connectivity index (χ0n) is 24.8. The zero-order valence-corrected chi connectivity index (χ0v) is 24.8. The van der Waals surface area contributed by atoms with Gasteiger partial charge in [-0.15, -0.1) is 0 Å². The normalized spacial score (nSPS) is 12.7. The van der Waals surface area contributed by atoms with Crippen molar-refractivity contribution in [1.29, 1.82) is 0 Å². The molecule has 0 fully saturated rings. The summed E-state index contributed by atoms with van der Waals surface area (Å²) in [4.78, 5) is 0. The molecule has 0 radical (unpaired) electrons. The van der Waals surface area contributed by atoms with Crippen molar-refractivity contribution in [2.45, 2.75) is 117 Å². The summed E-state index contributed by atoms with van der Waals surface area (Å²) in [6.45, 7) is 8.71. The molecule has 0 heterocycles. The van der Waals surface area contributed by atoms with Gasteiger partial charge < -0.3 is 14.6 Å². The fourth-order valence-electron chi connectivity index (χ4n) is 5.30. The van der Waals surface area contributed by atoms with E-state index in [1.165, 1.54) is 62.5 Å². The summed E-state index contributed by atoms with van der Waals surface area (Å²) in [6, 6.07) is 22.7. The van der Waals surface area contributed by atoms with E-state index in [1.54, 1.807) is 6.07 Å². The van der Waals surface area contributed by atoms with Gasteiger partial charge in [0.05, 0.1) is 6.10 Å². The number of benzene rings is 3. The highest BCUT2D eigenvalue weighted by Gasteiger charge is 2.17. The second kappa shape index (κ2) is 16.9. The van der Waals surface area contributed by atoms with Crippen molar-refractivity contribution in [3.63, 3.8) is 0 Å². The number of hydrogen-bond donors (Lipinski definition) is 1. The van der Waals surface area contributed by atoms with Crippen molar-refractivity contribution in [2.75, 3.05) is 0 Å². The van der Waals surface area contributed by atoms with Crippen molar-refractivity contribution < 1.29 is 14.6 Å². The minimum absolute atomic E-state index is 0.0117. The lowest BCUT2D eigenvalue weighted by Gasteiger charge is -2.22. The Morgan fingerprint density at radius 1 is 0.564 bits per heavy atom. The minimum atomic E-state index is -0.0612. The number of phenols is 1. The second-order valence-corrected chi connectivity index (χ2v) is 11.0. The van der Waals surface area contributed by atoms with Crippen molar-refractivity contribution in [3.8, 4) is 17.2 Å². The molecule has 0 saturated heterocycles. The molecule has 0 amide bonds. The Hall–Kier alpha value is -2.94. The zero-order chi connectivity index (χ0) is 27.9. The first kappa shape index (κ1) is 30.6. The Labute approximate surface area is 237 Å². The van der Waals surface area contributed by atoms with Gasteiger partial charge in [0, 0.05) is 18.4 Å². The lowest BCUT2D eigenvalue weighted by molar-refractivity contribution is 0.212. The van der Waals surface area contributed by atoms with Crippen LogP contribution in [0, 0.1) is 0 Å². The Morgan fingerprint density at radius 2 is 1.05 bits per heavy atom. The van der Waals surface area contributed by atoms with Gasteiger partial charge in [0.15, 0.2) is 0 Å². The molecule has 0 aliphatic heterocycles. The van der Waals surface area contributed by atoms with Gasteiger partial charge in [-0.2, -0.15) is 0 Å². The fraction of sp³-hybridized carbons (Fsp3) is 0.500. The fourth-order valence-corrected chi connectivity index (χ4v) is 5.30. The summed E-state index contributed by atoms with van der Waals surface area (Å²) < 4.78 is 12.9. The van der Waals surface area contributed by atoms with E-state index >= 15 is 0 Å². The van der Waals surface area contributed by atoms with Crippen molar-refractivity contribution in [3.05, 3.63) is 89.0 Å². The van der Waals surface area contributed by atoms with Crippen molar-refractivity contribution >= 4 is 0 Å². The minimum Gasteiger partial charge on any atom is -0.508 e. The van der Waals surface area contributed by atoms with E-state index in [-0.39, 0.29) is 12.2 Å². The molecule has 3 nitrogen and oxygen atoms in total. The van der Waals surface area contributed by atoms with Crippen LogP contribution in [0.1, 0.15) is 101 Å². The Bertz CT molecular complexity index is 1110. The lowest BCUT2D eigenvalue weighted by atomic mass is 9.96. The largest absolute Gasteiger partial charge is 0.508 e. The average Bonchev–Trinajstić information content (AvgIpc) is 2.93. The Morgan fingerprint density at radius 3 is 1.59 bits per heavy atom. The van der Waals surface area contributed by atoms with Gasteiger partial charge in [0.2, 0.25) is 0 Å². The van der Waals surface area contributed by atoms with Crippen LogP contribution in [0.3, 0.4) is 0 Å². The molecule has 39 heavy (non-hydrogen) atoms. The molecule has 0 saturated carbocycles. The van der Waals surface area contributed by atoms with E-state index < -0.39 is 0 Å².